The van der Waals surface area contributed by atoms with Gasteiger partial charge in [-0.15, -0.1) is 0 Å². The van der Waals surface area contributed by atoms with Crippen LogP contribution in [-0.2, 0) is 12.8 Å². The third kappa shape index (κ3) is 2.06. The minimum absolute atomic E-state index is 0.303. The summed E-state index contributed by atoms with van der Waals surface area (Å²) in [6.45, 7) is 0. The topological polar surface area (TPSA) is 99.6 Å². The fourth-order valence-electron chi connectivity index (χ4n) is 3.24. The first-order valence-electron chi connectivity index (χ1n) is 7.30. The largest absolute Gasteiger partial charge is 0.399 e. The van der Waals surface area contributed by atoms with E-state index in [4.69, 9.17) is 11.5 Å². The Bertz CT molecular complexity index is 820. The van der Waals surface area contributed by atoms with E-state index in [-0.39, 0.29) is 0 Å². The molecule has 0 fully saturated rings. The van der Waals surface area contributed by atoms with Gasteiger partial charge in [-0.05, 0) is 54.5 Å². The van der Waals surface area contributed by atoms with E-state index < -0.39 is 0 Å². The molecule has 0 aliphatic heterocycles. The molecule has 0 aromatic heterocycles. The lowest BCUT2D eigenvalue weighted by Crippen LogP contribution is -2.12. The Balaban J connectivity index is 2.38. The summed E-state index contributed by atoms with van der Waals surface area (Å²) in [7, 11) is 0. The van der Waals surface area contributed by atoms with Crippen molar-refractivity contribution in [2.24, 2.45) is 0 Å². The molecule has 4 N–H and O–H groups in total. The summed E-state index contributed by atoms with van der Waals surface area (Å²) in [4.78, 5) is 0. The molecule has 3 rings (SSSR count). The third-order valence-corrected chi connectivity index (χ3v) is 4.28. The number of nitrogen functional groups attached to an aromatic ring is 2. The van der Waals surface area contributed by atoms with Crippen molar-refractivity contribution in [1.29, 1.82) is 10.5 Å². The van der Waals surface area contributed by atoms with Gasteiger partial charge >= 0.3 is 0 Å². The number of hydrogen-bond acceptors (Lipinski definition) is 4. The maximum atomic E-state index is 9.57. The van der Waals surface area contributed by atoms with E-state index in [0.29, 0.717) is 22.5 Å². The number of nitrogens with zero attached hydrogens (tertiary/aromatic N) is 2. The van der Waals surface area contributed by atoms with Gasteiger partial charge in [0.05, 0.1) is 16.8 Å². The molecule has 0 heterocycles. The Morgan fingerprint density at radius 3 is 2.00 bits per heavy atom. The van der Waals surface area contributed by atoms with Crippen molar-refractivity contribution < 1.29 is 0 Å². The smallest absolute Gasteiger partial charge is 0.102 e. The predicted molar refractivity (Wildman–Crippen MR) is 86.8 cm³/mol. The van der Waals surface area contributed by atoms with Crippen molar-refractivity contribution in [2.45, 2.75) is 25.7 Å². The molecular weight excluding hydrogens is 272 g/mol. The minimum atomic E-state index is 0.303. The minimum Gasteiger partial charge on any atom is -0.399 e. The summed E-state index contributed by atoms with van der Waals surface area (Å²) in [5.41, 5.74) is 17.7. The number of anilines is 2. The van der Waals surface area contributed by atoms with Crippen LogP contribution in [0.15, 0.2) is 24.3 Å². The van der Waals surface area contributed by atoms with Crippen LogP contribution in [0, 0.1) is 22.7 Å². The molecule has 0 amide bonds. The average molecular weight is 288 g/mol. The van der Waals surface area contributed by atoms with Gasteiger partial charge in [0.25, 0.3) is 0 Å². The van der Waals surface area contributed by atoms with Gasteiger partial charge in [-0.2, -0.15) is 10.5 Å². The lowest BCUT2D eigenvalue weighted by molar-refractivity contribution is 0.685. The summed E-state index contributed by atoms with van der Waals surface area (Å²) in [5.74, 6) is 0. The standard InChI is InChI=1S/C18H16N4/c19-9-15-13-3-1-2-4-14(13)17(16(10-20)18(15)22)11-5-7-12(21)8-6-11/h5-8H,1-4,21-22H2. The van der Waals surface area contributed by atoms with Crippen molar-refractivity contribution >= 4 is 11.4 Å². The van der Waals surface area contributed by atoms with Crippen LogP contribution in [0.1, 0.15) is 35.1 Å². The Hall–Kier alpha value is -2.98. The van der Waals surface area contributed by atoms with Crippen LogP contribution in [0.2, 0.25) is 0 Å². The van der Waals surface area contributed by atoms with E-state index in [1.807, 2.05) is 24.3 Å². The number of hydrogen-bond donors (Lipinski definition) is 2. The van der Waals surface area contributed by atoms with Crippen LogP contribution in [0.4, 0.5) is 11.4 Å². The van der Waals surface area contributed by atoms with Crippen molar-refractivity contribution in [3.05, 3.63) is 46.5 Å². The van der Waals surface area contributed by atoms with E-state index in [1.54, 1.807) is 0 Å². The first-order valence-corrected chi connectivity index (χ1v) is 7.30. The molecule has 2 aromatic carbocycles. The molecule has 4 nitrogen and oxygen atoms in total. The molecule has 0 saturated carbocycles. The molecule has 0 saturated heterocycles. The summed E-state index contributed by atoms with van der Waals surface area (Å²) in [5, 5.41) is 19.0. The molecule has 1 aliphatic rings. The van der Waals surface area contributed by atoms with Gasteiger partial charge in [0.1, 0.15) is 12.1 Å². The van der Waals surface area contributed by atoms with E-state index in [9.17, 15) is 10.5 Å². The molecule has 0 radical (unpaired) electrons. The Labute approximate surface area is 129 Å². The van der Waals surface area contributed by atoms with Crippen molar-refractivity contribution in [1.82, 2.24) is 0 Å². The summed E-state index contributed by atoms with van der Waals surface area (Å²) in [6.07, 6.45) is 3.83. The van der Waals surface area contributed by atoms with Crippen LogP contribution >= 0.6 is 0 Å². The van der Waals surface area contributed by atoms with Gasteiger partial charge in [0, 0.05) is 11.3 Å². The van der Waals surface area contributed by atoms with Gasteiger partial charge in [-0.3, -0.25) is 0 Å². The quantitative estimate of drug-likeness (QED) is 0.787. The average Bonchev–Trinajstić information content (AvgIpc) is 2.55. The third-order valence-electron chi connectivity index (χ3n) is 4.28. The number of nitrogens with two attached hydrogens (primary N) is 2. The molecule has 22 heavy (non-hydrogen) atoms. The van der Waals surface area contributed by atoms with Crippen LogP contribution in [-0.4, -0.2) is 0 Å². The summed E-state index contributed by atoms with van der Waals surface area (Å²) >= 11 is 0. The molecular formula is C18H16N4. The monoisotopic (exact) mass is 288 g/mol. The summed E-state index contributed by atoms with van der Waals surface area (Å²) in [6, 6.07) is 11.8. The van der Waals surface area contributed by atoms with E-state index in [1.165, 1.54) is 0 Å². The molecule has 0 unspecified atom stereocenters. The van der Waals surface area contributed by atoms with Gasteiger partial charge < -0.3 is 11.5 Å². The second-order valence-electron chi connectivity index (χ2n) is 5.55. The second kappa shape index (κ2) is 5.42. The van der Waals surface area contributed by atoms with Crippen LogP contribution in [0.25, 0.3) is 11.1 Å². The Morgan fingerprint density at radius 2 is 1.41 bits per heavy atom. The van der Waals surface area contributed by atoms with Gasteiger partial charge in [-0.25, -0.2) is 0 Å². The van der Waals surface area contributed by atoms with Gasteiger partial charge in [0.15, 0.2) is 0 Å². The molecule has 0 atom stereocenters. The van der Waals surface area contributed by atoms with Crippen molar-refractivity contribution in [2.75, 3.05) is 11.5 Å². The highest BCUT2D eigenvalue weighted by Crippen LogP contribution is 2.40. The lowest BCUT2D eigenvalue weighted by Gasteiger charge is -2.23. The van der Waals surface area contributed by atoms with Crippen molar-refractivity contribution in [3.8, 4) is 23.3 Å². The predicted octanol–water partition coefficient (Wildman–Crippen LogP) is 3.14. The number of fused-ring (bicyclic) bond motifs is 1. The zero-order valence-electron chi connectivity index (χ0n) is 12.2. The lowest BCUT2D eigenvalue weighted by atomic mass is 9.80. The maximum Gasteiger partial charge on any atom is 0.102 e. The molecule has 2 aromatic rings. The summed E-state index contributed by atoms with van der Waals surface area (Å²) < 4.78 is 0. The molecule has 4 heteroatoms. The normalized spacial score (nSPS) is 13.0. The number of benzene rings is 2. The highest BCUT2D eigenvalue weighted by Gasteiger charge is 2.25. The Kier molecular flexibility index (Phi) is 3.45. The first-order chi connectivity index (χ1) is 10.7. The van der Waals surface area contributed by atoms with E-state index in [0.717, 1.165) is 47.9 Å². The number of nitriles is 2. The highest BCUT2D eigenvalue weighted by atomic mass is 14.6. The fourth-order valence-corrected chi connectivity index (χ4v) is 3.24. The second-order valence-corrected chi connectivity index (χ2v) is 5.55. The molecule has 1 aliphatic carbocycles. The molecule has 0 bridgehead atoms. The Morgan fingerprint density at radius 1 is 0.818 bits per heavy atom. The number of rotatable bonds is 1. The van der Waals surface area contributed by atoms with Crippen molar-refractivity contribution in [3.63, 3.8) is 0 Å². The molecule has 0 spiro atoms. The van der Waals surface area contributed by atoms with Gasteiger partial charge in [-0.1, -0.05) is 12.1 Å². The maximum absolute atomic E-state index is 9.57. The van der Waals surface area contributed by atoms with Gasteiger partial charge in [0.2, 0.25) is 0 Å². The SMILES string of the molecule is N#Cc1c(N)c(C#N)c(-c2ccc(N)cc2)c2c1CCCC2. The zero-order chi connectivity index (χ0) is 15.7. The van der Waals surface area contributed by atoms with Crippen LogP contribution in [0.5, 0.6) is 0 Å². The zero-order valence-corrected chi connectivity index (χ0v) is 12.2. The van der Waals surface area contributed by atoms with E-state index in [2.05, 4.69) is 12.1 Å². The van der Waals surface area contributed by atoms with E-state index >= 15 is 0 Å². The van der Waals surface area contributed by atoms with Crippen LogP contribution in [0.3, 0.4) is 0 Å². The highest BCUT2D eigenvalue weighted by molar-refractivity contribution is 5.85. The van der Waals surface area contributed by atoms with Crippen LogP contribution < -0.4 is 11.5 Å². The first kappa shape index (κ1) is 14.0. The fraction of sp³-hybridized carbons (Fsp3) is 0.222. The molecule has 108 valence electrons.